The van der Waals surface area contributed by atoms with E-state index in [1.165, 1.54) is 29.5 Å². The smallest absolute Gasteiger partial charge is 0.324 e. The van der Waals surface area contributed by atoms with Gasteiger partial charge in [0.25, 0.3) is 0 Å². The molecule has 2 rings (SSSR count). The number of anilines is 1. The monoisotopic (exact) mass is 441 g/mol. The highest BCUT2D eigenvalue weighted by Gasteiger charge is 2.49. The Morgan fingerprint density at radius 3 is 2.52 bits per heavy atom. The number of carboxylic acid groups (broad SMARTS) is 1. The molecule has 1 saturated carbocycles. The molecule has 0 aliphatic heterocycles. The van der Waals surface area contributed by atoms with Gasteiger partial charge in [-0.25, -0.2) is 9.78 Å². The second-order valence-corrected chi connectivity index (χ2v) is 11.6. The van der Waals surface area contributed by atoms with Crippen LogP contribution in [0.4, 0.5) is 9.93 Å². The molecule has 0 radical (unpaired) electrons. The number of nitrogens with one attached hydrogen (secondary N) is 1. The van der Waals surface area contributed by atoms with Crippen molar-refractivity contribution in [1.29, 1.82) is 0 Å². The zero-order valence-electron chi connectivity index (χ0n) is 18.3. The largest absolute Gasteiger partial charge is 0.481 e. The summed E-state index contributed by atoms with van der Waals surface area (Å²) in [5.41, 5.74) is -0.185. The molecule has 29 heavy (non-hydrogen) atoms. The maximum absolute atomic E-state index is 13.4. The van der Waals surface area contributed by atoms with Crippen LogP contribution in [0.25, 0.3) is 0 Å². The van der Waals surface area contributed by atoms with E-state index >= 15 is 0 Å². The highest BCUT2D eigenvalue weighted by atomic mass is 32.2. The second-order valence-electron chi connectivity index (χ2n) is 9.27. The third-order valence-electron chi connectivity index (χ3n) is 5.80. The predicted molar refractivity (Wildman–Crippen MR) is 121 cm³/mol. The summed E-state index contributed by atoms with van der Waals surface area (Å²) in [6.45, 7) is 11.8. The minimum Gasteiger partial charge on any atom is -0.481 e. The number of carbonyl (C=O) groups excluding carboxylic acids is 1. The lowest BCUT2D eigenvalue weighted by Crippen LogP contribution is -2.61. The quantitative estimate of drug-likeness (QED) is 0.487. The lowest BCUT2D eigenvalue weighted by atomic mass is 9.64. The first-order valence-corrected chi connectivity index (χ1v) is 12.2. The summed E-state index contributed by atoms with van der Waals surface area (Å²) in [4.78, 5) is 30.6. The number of carboxylic acids is 1. The molecule has 1 aromatic heterocycles. The Balaban J connectivity index is 2.22. The molecule has 0 aromatic carbocycles. The SMILES string of the molecule is CC(C)CCN(C(=O)Nc1ncc(SCC(=O)O)s1)C1(C(C)(C)C)CCCCC1. The van der Waals surface area contributed by atoms with Crippen LogP contribution in [0.1, 0.15) is 73.1 Å². The van der Waals surface area contributed by atoms with Gasteiger partial charge >= 0.3 is 12.0 Å². The fraction of sp³-hybridized carbons (Fsp3) is 0.762. The zero-order chi connectivity index (χ0) is 21.7. The van der Waals surface area contributed by atoms with Crippen LogP contribution in [-0.2, 0) is 4.79 Å². The van der Waals surface area contributed by atoms with E-state index in [1.54, 1.807) is 6.20 Å². The topological polar surface area (TPSA) is 82.5 Å². The molecule has 0 bridgehead atoms. The summed E-state index contributed by atoms with van der Waals surface area (Å²) in [5, 5.41) is 12.4. The minimum atomic E-state index is -0.863. The number of thiazole rings is 1. The molecule has 0 unspecified atom stereocenters. The summed E-state index contributed by atoms with van der Waals surface area (Å²) in [7, 11) is 0. The van der Waals surface area contributed by atoms with Gasteiger partial charge < -0.3 is 10.0 Å². The number of hydrogen-bond acceptors (Lipinski definition) is 5. The molecule has 6 nitrogen and oxygen atoms in total. The van der Waals surface area contributed by atoms with Crippen LogP contribution in [0.3, 0.4) is 0 Å². The summed E-state index contributed by atoms with van der Waals surface area (Å²) in [5.74, 6) is -0.355. The van der Waals surface area contributed by atoms with Crippen molar-refractivity contribution in [3.63, 3.8) is 0 Å². The van der Waals surface area contributed by atoms with Crippen molar-refractivity contribution >= 4 is 40.2 Å². The molecule has 0 saturated heterocycles. The van der Waals surface area contributed by atoms with Gasteiger partial charge in [-0.2, -0.15) is 0 Å². The van der Waals surface area contributed by atoms with Crippen molar-refractivity contribution < 1.29 is 14.7 Å². The number of amides is 2. The highest BCUT2D eigenvalue weighted by molar-refractivity contribution is 8.01. The number of urea groups is 1. The van der Waals surface area contributed by atoms with E-state index in [9.17, 15) is 9.59 Å². The lowest BCUT2D eigenvalue weighted by Gasteiger charge is -2.54. The first-order valence-electron chi connectivity index (χ1n) is 10.4. The second kappa shape index (κ2) is 10.2. The predicted octanol–water partition coefficient (Wildman–Crippen LogP) is 5.95. The Morgan fingerprint density at radius 1 is 1.31 bits per heavy atom. The normalized spacial score (nSPS) is 16.6. The summed E-state index contributed by atoms with van der Waals surface area (Å²) in [6.07, 6.45) is 8.18. The van der Waals surface area contributed by atoms with Gasteiger partial charge in [-0.15, -0.1) is 11.8 Å². The number of carbonyl (C=O) groups is 2. The fourth-order valence-corrected chi connectivity index (χ4v) is 5.72. The number of aromatic nitrogens is 1. The van der Waals surface area contributed by atoms with Crippen LogP contribution in [-0.4, -0.2) is 44.8 Å². The number of hydrogen-bond donors (Lipinski definition) is 2. The van der Waals surface area contributed by atoms with Gasteiger partial charge in [-0.1, -0.05) is 65.2 Å². The maximum Gasteiger partial charge on any atom is 0.324 e. The van der Waals surface area contributed by atoms with E-state index in [-0.39, 0.29) is 22.7 Å². The van der Waals surface area contributed by atoms with E-state index in [1.807, 2.05) is 0 Å². The van der Waals surface area contributed by atoms with E-state index in [2.05, 4.69) is 49.8 Å². The van der Waals surface area contributed by atoms with Crippen molar-refractivity contribution in [1.82, 2.24) is 9.88 Å². The van der Waals surface area contributed by atoms with Gasteiger partial charge in [0, 0.05) is 12.1 Å². The number of thioether (sulfide) groups is 1. The van der Waals surface area contributed by atoms with Crippen LogP contribution in [0.5, 0.6) is 0 Å². The molecule has 1 aliphatic carbocycles. The van der Waals surface area contributed by atoms with Gasteiger partial charge in [-0.05, 0) is 30.6 Å². The van der Waals surface area contributed by atoms with Gasteiger partial charge in [0.2, 0.25) is 0 Å². The third kappa shape index (κ3) is 6.35. The molecule has 2 amide bonds. The van der Waals surface area contributed by atoms with Gasteiger partial charge in [0.15, 0.2) is 5.13 Å². The van der Waals surface area contributed by atoms with Gasteiger partial charge in [0.05, 0.1) is 16.2 Å². The molecular weight excluding hydrogens is 406 g/mol. The maximum atomic E-state index is 13.4. The Labute approximate surface area is 182 Å². The van der Waals surface area contributed by atoms with Gasteiger partial charge in [0.1, 0.15) is 0 Å². The minimum absolute atomic E-state index is 0.0107. The Bertz CT molecular complexity index is 692. The van der Waals surface area contributed by atoms with E-state index < -0.39 is 5.97 Å². The fourth-order valence-electron chi connectivity index (χ4n) is 4.13. The van der Waals surface area contributed by atoms with Gasteiger partial charge in [-0.3, -0.25) is 10.1 Å². The van der Waals surface area contributed by atoms with Crippen molar-refractivity contribution in [2.75, 3.05) is 17.6 Å². The van der Waals surface area contributed by atoms with Crippen molar-refractivity contribution in [2.45, 2.75) is 82.9 Å². The molecular formula is C21H35N3O3S2. The summed E-state index contributed by atoms with van der Waals surface area (Å²) < 4.78 is 0.791. The molecule has 0 spiro atoms. The molecule has 164 valence electrons. The Morgan fingerprint density at radius 2 is 1.97 bits per heavy atom. The molecule has 1 aliphatic rings. The summed E-state index contributed by atoms with van der Waals surface area (Å²) in [6, 6.07) is -0.0911. The highest BCUT2D eigenvalue weighted by Crippen LogP contribution is 2.47. The first kappa shape index (κ1) is 24.0. The van der Waals surface area contributed by atoms with Crippen LogP contribution in [0.2, 0.25) is 0 Å². The molecule has 1 heterocycles. The van der Waals surface area contributed by atoms with E-state index in [0.29, 0.717) is 11.0 Å². The molecule has 1 aromatic rings. The Hall–Kier alpha value is -1.28. The first-order chi connectivity index (χ1) is 13.5. The van der Waals surface area contributed by atoms with Crippen LogP contribution < -0.4 is 5.32 Å². The number of nitrogens with zero attached hydrogens (tertiary/aromatic N) is 2. The molecule has 0 atom stereocenters. The number of rotatable bonds is 8. The average molecular weight is 442 g/mol. The molecule has 1 fully saturated rings. The third-order valence-corrected chi connectivity index (χ3v) is 7.90. The van der Waals surface area contributed by atoms with Crippen LogP contribution in [0.15, 0.2) is 10.4 Å². The standard InChI is InChI=1S/C21H35N3O3S2/c1-15(2)9-12-24(21(20(3,4)5)10-7-6-8-11-21)19(27)23-18-22-13-17(29-18)28-14-16(25)26/h13,15H,6-12,14H2,1-5H3,(H,25,26)(H,22,23,27). The average Bonchev–Trinajstić information content (AvgIpc) is 3.07. The van der Waals surface area contributed by atoms with Crippen molar-refractivity contribution in [3.8, 4) is 0 Å². The van der Waals surface area contributed by atoms with Crippen molar-refractivity contribution in [3.05, 3.63) is 6.20 Å². The Kier molecular flexibility index (Phi) is 8.40. The van der Waals surface area contributed by atoms with Crippen LogP contribution >= 0.6 is 23.1 Å². The van der Waals surface area contributed by atoms with Crippen LogP contribution in [0, 0.1) is 11.3 Å². The summed E-state index contributed by atoms with van der Waals surface area (Å²) >= 11 is 2.55. The lowest BCUT2D eigenvalue weighted by molar-refractivity contribution is -0.133. The van der Waals surface area contributed by atoms with E-state index in [4.69, 9.17) is 5.11 Å². The number of aliphatic carboxylic acids is 1. The molecule has 2 N–H and O–H groups in total. The molecule has 8 heteroatoms. The van der Waals surface area contributed by atoms with Crippen molar-refractivity contribution in [2.24, 2.45) is 11.3 Å². The van der Waals surface area contributed by atoms with E-state index in [0.717, 1.165) is 42.9 Å². The zero-order valence-corrected chi connectivity index (χ0v) is 19.9.